The van der Waals surface area contributed by atoms with Gasteiger partial charge in [0.15, 0.2) is 5.75 Å². The lowest BCUT2D eigenvalue weighted by Crippen LogP contribution is -2.22. The summed E-state index contributed by atoms with van der Waals surface area (Å²) in [7, 11) is 1.51. The highest BCUT2D eigenvalue weighted by molar-refractivity contribution is 5.86. The van der Waals surface area contributed by atoms with Gasteiger partial charge in [-0.3, -0.25) is 4.98 Å². The van der Waals surface area contributed by atoms with Crippen LogP contribution in [0.4, 0.5) is 4.79 Å². The zero-order valence-electron chi connectivity index (χ0n) is 8.23. The molecule has 15 heavy (non-hydrogen) atoms. The molecule has 2 rings (SSSR count). The van der Waals surface area contributed by atoms with E-state index in [0.29, 0.717) is 11.3 Å². The van der Waals surface area contributed by atoms with Crippen LogP contribution < -0.4 is 10.1 Å². The molecule has 0 saturated heterocycles. The standard InChI is InChI=1S/C11H10N2O2/c1-12-11(14)15-9-6-2-4-8-5-3-7-13-10(8)9/h2-7H,1H3,(H,12,14). The van der Waals surface area contributed by atoms with Crippen LogP contribution in [0.25, 0.3) is 10.9 Å². The second-order valence-corrected chi connectivity index (χ2v) is 2.97. The van der Waals surface area contributed by atoms with Crippen LogP contribution in [-0.2, 0) is 0 Å². The number of ether oxygens (including phenoxy) is 1. The molecule has 1 aromatic heterocycles. The van der Waals surface area contributed by atoms with Gasteiger partial charge in [0.2, 0.25) is 0 Å². The van der Waals surface area contributed by atoms with Gasteiger partial charge in [-0.25, -0.2) is 4.79 Å². The fourth-order valence-corrected chi connectivity index (χ4v) is 1.31. The molecular weight excluding hydrogens is 192 g/mol. The molecule has 1 aromatic carbocycles. The molecule has 0 aliphatic carbocycles. The Morgan fingerprint density at radius 1 is 1.33 bits per heavy atom. The summed E-state index contributed by atoms with van der Waals surface area (Å²) in [4.78, 5) is 15.2. The van der Waals surface area contributed by atoms with Gasteiger partial charge in [-0.15, -0.1) is 0 Å². The molecule has 0 bridgehead atoms. The van der Waals surface area contributed by atoms with Gasteiger partial charge in [0.25, 0.3) is 0 Å². The van der Waals surface area contributed by atoms with E-state index >= 15 is 0 Å². The third-order valence-corrected chi connectivity index (χ3v) is 2.00. The number of aromatic nitrogens is 1. The van der Waals surface area contributed by atoms with E-state index in [-0.39, 0.29) is 0 Å². The zero-order valence-corrected chi connectivity index (χ0v) is 8.23. The Bertz CT molecular complexity index is 491. The molecule has 76 valence electrons. The van der Waals surface area contributed by atoms with Crippen LogP contribution in [0.15, 0.2) is 36.5 Å². The summed E-state index contributed by atoms with van der Waals surface area (Å²) in [6.45, 7) is 0. The maximum atomic E-state index is 11.1. The first kappa shape index (κ1) is 9.45. The molecule has 0 aliphatic heterocycles. The van der Waals surface area contributed by atoms with Crippen molar-refractivity contribution in [2.75, 3.05) is 7.05 Å². The van der Waals surface area contributed by atoms with Crippen molar-refractivity contribution in [1.29, 1.82) is 0 Å². The quantitative estimate of drug-likeness (QED) is 0.769. The van der Waals surface area contributed by atoms with E-state index in [0.717, 1.165) is 5.39 Å². The number of para-hydroxylation sites is 1. The van der Waals surface area contributed by atoms with E-state index in [9.17, 15) is 4.79 Å². The molecule has 0 radical (unpaired) electrons. The van der Waals surface area contributed by atoms with Crippen molar-refractivity contribution in [3.63, 3.8) is 0 Å². The van der Waals surface area contributed by atoms with Crippen molar-refractivity contribution in [1.82, 2.24) is 10.3 Å². The largest absolute Gasteiger partial charge is 0.412 e. The molecular formula is C11H10N2O2. The Balaban J connectivity index is 2.46. The highest BCUT2D eigenvalue weighted by Gasteiger charge is 2.06. The number of benzene rings is 1. The second kappa shape index (κ2) is 3.96. The number of carbonyl (C=O) groups excluding carboxylic acids is 1. The minimum absolute atomic E-state index is 0.465. The maximum absolute atomic E-state index is 11.1. The first-order valence-corrected chi connectivity index (χ1v) is 4.54. The van der Waals surface area contributed by atoms with Gasteiger partial charge in [-0.05, 0) is 12.1 Å². The number of nitrogens with zero attached hydrogens (tertiary/aromatic N) is 1. The average Bonchev–Trinajstić information content (AvgIpc) is 2.29. The molecule has 1 N–H and O–H groups in total. The van der Waals surface area contributed by atoms with Gasteiger partial charge in [-0.2, -0.15) is 0 Å². The van der Waals surface area contributed by atoms with Crippen LogP contribution in [0.1, 0.15) is 0 Å². The molecule has 0 saturated carbocycles. The second-order valence-electron chi connectivity index (χ2n) is 2.97. The predicted molar refractivity (Wildman–Crippen MR) is 56.8 cm³/mol. The molecule has 1 amide bonds. The number of hydrogen-bond donors (Lipinski definition) is 1. The smallest absolute Gasteiger partial charge is 0.408 e. The van der Waals surface area contributed by atoms with E-state index in [1.54, 1.807) is 12.3 Å². The van der Waals surface area contributed by atoms with E-state index in [1.807, 2.05) is 24.3 Å². The highest BCUT2D eigenvalue weighted by atomic mass is 16.6. The van der Waals surface area contributed by atoms with Crippen molar-refractivity contribution in [3.05, 3.63) is 36.5 Å². The van der Waals surface area contributed by atoms with Crippen LogP contribution in [0.5, 0.6) is 5.75 Å². The fraction of sp³-hybridized carbons (Fsp3) is 0.0909. The summed E-state index contributed by atoms with van der Waals surface area (Å²) in [5.74, 6) is 0.465. The first-order chi connectivity index (χ1) is 7.31. The van der Waals surface area contributed by atoms with Crippen LogP contribution in [-0.4, -0.2) is 18.1 Å². The number of rotatable bonds is 1. The summed E-state index contributed by atoms with van der Waals surface area (Å²) >= 11 is 0. The number of amides is 1. The van der Waals surface area contributed by atoms with E-state index in [1.165, 1.54) is 7.05 Å². The molecule has 1 heterocycles. The monoisotopic (exact) mass is 202 g/mol. The normalized spacial score (nSPS) is 9.93. The molecule has 0 spiro atoms. The van der Waals surface area contributed by atoms with Gasteiger partial charge in [0.05, 0.1) is 0 Å². The predicted octanol–water partition coefficient (Wildman–Crippen LogP) is 1.95. The lowest BCUT2D eigenvalue weighted by molar-refractivity contribution is 0.203. The highest BCUT2D eigenvalue weighted by Crippen LogP contribution is 2.22. The van der Waals surface area contributed by atoms with Crippen molar-refractivity contribution in [2.45, 2.75) is 0 Å². The third kappa shape index (κ3) is 1.88. The van der Waals surface area contributed by atoms with Crippen LogP contribution in [0.3, 0.4) is 0 Å². The van der Waals surface area contributed by atoms with Gasteiger partial charge in [0, 0.05) is 18.6 Å². The number of pyridine rings is 1. The average molecular weight is 202 g/mol. The molecule has 0 atom stereocenters. The Morgan fingerprint density at radius 2 is 2.13 bits per heavy atom. The van der Waals surface area contributed by atoms with Crippen molar-refractivity contribution in [2.24, 2.45) is 0 Å². The Labute approximate surface area is 86.9 Å². The fourth-order valence-electron chi connectivity index (χ4n) is 1.31. The Hall–Kier alpha value is -2.10. The van der Waals surface area contributed by atoms with E-state index < -0.39 is 6.09 Å². The summed E-state index contributed by atoms with van der Waals surface area (Å²) in [5, 5.41) is 3.33. The van der Waals surface area contributed by atoms with Gasteiger partial charge in [0.1, 0.15) is 5.52 Å². The molecule has 4 heteroatoms. The summed E-state index contributed by atoms with van der Waals surface area (Å²) in [6, 6.07) is 9.21. The van der Waals surface area contributed by atoms with E-state index in [2.05, 4.69) is 10.3 Å². The SMILES string of the molecule is CNC(=O)Oc1cccc2cccnc12. The number of nitrogens with one attached hydrogen (secondary N) is 1. The van der Waals surface area contributed by atoms with Gasteiger partial charge < -0.3 is 10.1 Å². The minimum atomic E-state index is -0.492. The summed E-state index contributed by atoms with van der Waals surface area (Å²) in [6.07, 6.45) is 1.17. The zero-order chi connectivity index (χ0) is 10.7. The summed E-state index contributed by atoms with van der Waals surface area (Å²) in [5.41, 5.74) is 0.684. The number of carbonyl (C=O) groups is 1. The molecule has 0 fully saturated rings. The van der Waals surface area contributed by atoms with Gasteiger partial charge >= 0.3 is 6.09 Å². The topological polar surface area (TPSA) is 51.2 Å². The summed E-state index contributed by atoms with van der Waals surface area (Å²) < 4.78 is 5.06. The van der Waals surface area contributed by atoms with Crippen LogP contribution in [0.2, 0.25) is 0 Å². The molecule has 0 aliphatic rings. The van der Waals surface area contributed by atoms with E-state index in [4.69, 9.17) is 4.74 Å². The lowest BCUT2D eigenvalue weighted by atomic mass is 10.2. The first-order valence-electron chi connectivity index (χ1n) is 4.54. The van der Waals surface area contributed by atoms with Crippen LogP contribution in [0, 0.1) is 0 Å². The Kier molecular flexibility index (Phi) is 2.49. The third-order valence-electron chi connectivity index (χ3n) is 2.00. The molecule has 2 aromatic rings. The lowest BCUT2D eigenvalue weighted by Gasteiger charge is -2.05. The van der Waals surface area contributed by atoms with Crippen molar-refractivity contribution < 1.29 is 9.53 Å². The minimum Gasteiger partial charge on any atom is -0.408 e. The molecule has 0 unspecified atom stereocenters. The number of hydrogen-bond acceptors (Lipinski definition) is 3. The maximum Gasteiger partial charge on any atom is 0.412 e. The van der Waals surface area contributed by atoms with Crippen LogP contribution >= 0.6 is 0 Å². The number of fused-ring (bicyclic) bond motifs is 1. The van der Waals surface area contributed by atoms with Crippen molar-refractivity contribution >= 4 is 17.0 Å². The molecule has 4 nitrogen and oxygen atoms in total. The van der Waals surface area contributed by atoms with Crippen molar-refractivity contribution in [3.8, 4) is 5.75 Å². The Morgan fingerprint density at radius 3 is 2.93 bits per heavy atom. The van der Waals surface area contributed by atoms with Gasteiger partial charge in [-0.1, -0.05) is 18.2 Å².